The normalized spacial score (nSPS) is 12.7. The van der Waals surface area contributed by atoms with Gasteiger partial charge in [-0.05, 0) is 37.1 Å². The third-order valence-corrected chi connectivity index (χ3v) is 4.39. The Morgan fingerprint density at radius 1 is 1.34 bits per heavy atom. The number of aliphatic hydroxyl groups excluding tert-OH is 1. The number of phenolic OH excluding ortho intramolecular Hbond substituents is 1. The number of aromatic hydroxyl groups is 1. The van der Waals surface area contributed by atoms with Crippen molar-refractivity contribution in [3.63, 3.8) is 0 Å². The molecule has 0 radical (unpaired) electrons. The molecular formula is C21H27N3O5. The summed E-state index contributed by atoms with van der Waals surface area (Å²) in [4.78, 5) is 25.2. The maximum atomic E-state index is 12.2. The van der Waals surface area contributed by atoms with Crippen molar-refractivity contribution >= 4 is 17.9 Å². The SMILES string of the molecule is CC[C@@H](N/C(CO)=C(/C=O)Nc1cccc(C(=O)N(C)C)c1O)c1cc(C)co1. The van der Waals surface area contributed by atoms with Crippen molar-refractivity contribution in [1.29, 1.82) is 0 Å². The Kier molecular flexibility index (Phi) is 7.44. The number of aryl methyl sites for hydroxylation is 1. The molecule has 0 aliphatic heterocycles. The highest BCUT2D eigenvalue weighted by molar-refractivity contribution is 5.98. The highest BCUT2D eigenvalue weighted by Gasteiger charge is 2.19. The van der Waals surface area contributed by atoms with Crippen molar-refractivity contribution < 1.29 is 24.2 Å². The third-order valence-electron chi connectivity index (χ3n) is 4.39. The molecule has 0 saturated heterocycles. The van der Waals surface area contributed by atoms with Crippen LogP contribution in [0.25, 0.3) is 0 Å². The fourth-order valence-electron chi connectivity index (χ4n) is 2.81. The van der Waals surface area contributed by atoms with Gasteiger partial charge in [-0.2, -0.15) is 0 Å². The molecule has 0 saturated carbocycles. The highest BCUT2D eigenvalue weighted by atomic mass is 16.3. The van der Waals surface area contributed by atoms with Crippen LogP contribution in [-0.4, -0.2) is 48.0 Å². The maximum Gasteiger partial charge on any atom is 0.257 e. The van der Waals surface area contributed by atoms with E-state index in [-0.39, 0.29) is 40.3 Å². The summed E-state index contributed by atoms with van der Waals surface area (Å²) in [5, 5.41) is 26.2. The zero-order valence-corrected chi connectivity index (χ0v) is 17.0. The number of nitrogens with one attached hydrogen (secondary N) is 2. The Balaban J connectivity index is 2.34. The largest absolute Gasteiger partial charge is 0.505 e. The molecule has 0 spiro atoms. The number of amides is 1. The lowest BCUT2D eigenvalue weighted by Crippen LogP contribution is -2.26. The van der Waals surface area contributed by atoms with Gasteiger partial charge in [-0.3, -0.25) is 9.59 Å². The van der Waals surface area contributed by atoms with Gasteiger partial charge in [-0.25, -0.2) is 0 Å². The van der Waals surface area contributed by atoms with Crippen molar-refractivity contribution in [1.82, 2.24) is 10.2 Å². The highest BCUT2D eigenvalue weighted by Crippen LogP contribution is 2.29. The lowest BCUT2D eigenvalue weighted by molar-refractivity contribution is -0.104. The van der Waals surface area contributed by atoms with Crippen LogP contribution >= 0.6 is 0 Å². The van der Waals surface area contributed by atoms with Gasteiger partial charge in [0.25, 0.3) is 5.91 Å². The first kappa shape index (κ1) is 22.0. The van der Waals surface area contributed by atoms with E-state index < -0.39 is 6.61 Å². The van der Waals surface area contributed by atoms with Gasteiger partial charge in [0, 0.05) is 14.1 Å². The van der Waals surface area contributed by atoms with E-state index in [4.69, 9.17) is 4.42 Å². The molecule has 8 nitrogen and oxygen atoms in total. The number of para-hydroxylation sites is 1. The van der Waals surface area contributed by atoms with E-state index in [1.165, 1.54) is 17.0 Å². The Hall–Kier alpha value is -3.26. The topological polar surface area (TPSA) is 115 Å². The number of carbonyl (C=O) groups is 2. The van der Waals surface area contributed by atoms with Gasteiger partial charge in [0.05, 0.1) is 35.9 Å². The van der Waals surface area contributed by atoms with E-state index in [9.17, 15) is 19.8 Å². The number of anilines is 1. The fraction of sp³-hybridized carbons (Fsp3) is 0.333. The Morgan fingerprint density at radius 3 is 2.59 bits per heavy atom. The molecule has 0 aliphatic carbocycles. The maximum absolute atomic E-state index is 12.2. The van der Waals surface area contributed by atoms with E-state index in [0.29, 0.717) is 18.5 Å². The van der Waals surface area contributed by atoms with Crippen LogP contribution in [0.15, 0.2) is 46.3 Å². The Morgan fingerprint density at radius 2 is 2.07 bits per heavy atom. The van der Waals surface area contributed by atoms with E-state index in [1.54, 1.807) is 26.4 Å². The summed E-state index contributed by atoms with van der Waals surface area (Å²) in [6.07, 6.45) is 2.82. The molecule has 1 amide bonds. The first-order valence-electron chi connectivity index (χ1n) is 9.23. The summed E-state index contributed by atoms with van der Waals surface area (Å²) in [5.74, 6) is 0.0293. The van der Waals surface area contributed by atoms with Gasteiger partial charge in [0.15, 0.2) is 12.0 Å². The molecule has 8 heteroatoms. The van der Waals surface area contributed by atoms with Gasteiger partial charge in [0.1, 0.15) is 11.5 Å². The average Bonchev–Trinajstić information content (AvgIpc) is 3.14. The standard InChI is InChI=1S/C21H27N3O5/c1-5-15(19-9-13(2)12-29-19)22-17(10-25)18(11-26)23-16-8-6-7-14(20(16)27)21(28)24(3)4/h6-9,11-12,15,22-23,25,27H,5,10H2,1-4H3/b18-17-/t15-/m1/s1. The molecule has 29 heavy (non-hydrogen) atoms. The lowest BCUT2D eigenvalue weighted by atomic mass is 10.1. The number of rotatable bonds is 9. The molecule has 0 fully saturated rings. The first-order valence-corrected chi connectivity index (χ1v) is 9.23. The van der Waals surface area contributed by atoms with Crippen LogP contribution in [-0.2, 0) is 4.79 Å². The zero-order chi connectivity index (χ0) is 21.6. The van der Waals surface area contributed by atoms with Crippen LogP contribution < -0.4 is 10.6 Å². The summed E-state index contributed by atoms with van der Waals surface area (Å²) < 4.78 is 5.52. The van der Waals surface area contributed by atoms with Gasteiger partial charge in [-0.15, -0.1) is 0 Å². The predicted molar refractivity (Wildman–Crippen MR) is 110 cm³/mol. The Labute approximate surface area is 169 Å². The lowest BCUT2D eigenvalue weighted by Gasteiger charge is -2.20. The van der Waals surface area contributed by atoms with Crippen LogP contribution in [0.5, 0.6) is 5.75 Å². The minimum absolute atomic E-state index is 0.0407. The second-order valence-electron chi connectivity index (χ2n) is 6.83. The molecule has 2 aromatic rings. The van der Waals surface area contributed by atoms with Crippen molar-refractivity contribution in [3.8, 4) is 5.75 Å². The van der Waals surface area contributed by atoms with Crippen LogP contribution in [0.3, 0.4) is 0 Å². The number of aliphatic hydroxyl groups is 1. The quantitative estimate of drug-likeness (QED) is 0.290. The zero-order valence-electron chi connectivity index (χ0n) is 17.0. The molecule has 156 valence electrons. The number of aldehydes is 1. The van der Waals surface area contributed by atoms with Crippen LogP contribution in [0.1, 0.15) is 41.1 Å². The van der Waals surface area contributed by atoms with Gasteiger partial charge in [-0.1, -0.05) is 13.0 Å². The average molecular weight is 401 g/mol. The number of phenols is 1. The summed E-state index contributed by atoms with van der Waals surface area (Å²) >= 11 is 0. The van der Waals surface area contributed by atoms with Crippen molar-refractivity contribution in [2.24, 2.45) is 0 Å². The summed E-state index contributed by atoms with van der Waals surface area (Å²) in [7, 11) is 3.15. The van der Waals surface area contributed by atoms with Gasteiger partial charge < -0.3 is 30.2 Å². The number of hydrogen-bond donors (Lipinski definition) is 4. The molecule has 0 aliphatic rings. The third kappa shape index (κ3) is 5.17. The molecule has 4 N–H and O–H groups in total. The predicted octanol–water partition coefficient (Wildman–Crippen LogP) is 2.55. The van der Waals surface area contributed by atoms with E-state index >= 15 is 0 Å². The van der Waals surface area contributed by atoms with Crippen molar-refractivity contribution in [2.75, 3.05) is 26.0 Å². The molecule has 0 unspecified atom stereocenters. The number of hydrogen-bond acceptors (Lipinski definition) is 7. The van der Waals surface area contributed by atoms with Crippen LogP contribution in [0.2, 0.25) is 0 Å². The van der Waals surface area contributed by atoms with Crippen molar-refractivity contribution in [3.05, 3.63) is 58.8 Å². The number of benzene rings is 1. The molecule has 0 bridgehead atoms. The number of allylic oxidation sites excluding steroid dienone is 1. The number of nitrogens with zero attached hydrogens (tertiary/aromatic N) is 1. The molecule has 2 rings (SSSR count). The van der Waals surface area contributed by atoms with E-state index in [2.05, 4.69) is 10.6 Å². The minimum Gasteiger partial charge on any atom is -0.505 e. The summed E-state index contributed by atoms with van der Waals surface area (Å²) in [6.45, 7) is 3.42. The second-order valence-corrected chi connectivity index (χ2v) is 6.83. The Bertz CT molecular complexity index is 901. The number of carbonyl (C=O) groups excluding carboxylic acids is 2. The van der Waals surface area contributed by atoms with E-state index in [0.717, 1.165) is 5.56 Å². The number of furan rings is 1. The minimum atomic E-state index is -0.436. The van der Waals surface area contributed by atoms with Gasteiger partial charge >= 0.3 is 0 Å². The van der Waals surface area contributed by atoms with Gasteiger partial charge in [0.2, 0.25) is 0 Å². The summed E-state index contributed by atoms with van der Waals surface area (Å²) in [5.41, 5.74) is 1.52. The molecule has 1 aromatic carbocycles. The fourth-order valence-corrected chi connectivity index (χ4v) is 2.81. The molecule has 1 aromatic heterocycles. The second kappa shape index (κ2) is 9.79. The van der Waals surface area contributed by atoms with Crippen LogP contribution in [0.4, 0.5) is 5.69 Å². The monoisotopic (exact) mass is 401 g/mol. The molecular weight excluding hydrogens is 374 g/mol. The van der Waals surface area contributed by atoms with Crippen LogP contribution in [0, 0.1) is 6.92 Å². The smallest absolute Gasteiger partial charge is 0.257 e. The van der Waals surface area contributed by atoms with Crippen molar-refractivity contribution in [2.45, 2.75) is 26.3 Å². The molecule has 1 heterocycles. The molecule has 1 atom stereocenters. The summed E-state index contributed by atoms with van der Waals surface area (Å²) in [6, 6.07) is 6.25. The first-order chi connectivity index (χ1) is 13.8. The van der Waals surface area contributed by atoms with E-state index in [1.807, 2.05) is 19.9 Å².